The summed E-state index contributed by atoms with van der Waals surface area (Å²) in [5.74, 6) is 0. The van der Waals surface area contributed by atoms with Crippen molar-refractivity contribution in [2.45, 2.75) is 19.4 Å². The minimum Gasteiger partial charge on any atom is -0.445 e. The van der Waals surface area contributed by atoms with Gasteiger partial charge in [0.05, 0.1) is 10.5 Å². The second-order valence-electron chi connectivity index (χ2n) is 3.07. The van der Waals surface area contributed by atoms with Crippen LogP contribution >= 0.6 is 11.6 Å². The largest absolute Gasteiger partial charge is 0.445 e. The van der Waals surface area contributed by atoms with Crippen LogP contribution in [0.25, 0.3) is 0 Å². The predicted octanol–water partition coefficient (Wildman–Crippen LogP) is 3.42. The third-order valence-corrected chi connectivity index (χ3v) is 2.18. The van der Waals surface area contributed by atoms with Crippen molar-refractivity contribution in [3.05, 3.63) is 39.9 Å². The molecule has 6 heteroatoms. The van der Waals surface area contributed by atoms with E-state index < -0.39 is 16.5 Å². The second-order valence-corrected chi connectivity index (χ2v) is 3.38. The molecule has 1 aromatic carbocycles. The summed E-state index contributed by atoms with van der Waals surface area (Å²) in [5.41, 5.74) is -0.693. The summed E-state index contributed by atoms with van der Waals surface area (Å²) in [6, 6.07) is 6.11. The van der Waals surface area contributed by atoms with Gasteiger partial charge in [0, 0.05) is 17.7 Å². The van der Waals surface area contributed by atoms with Gasteiger partial charge < -0.3 is 4.74 Å². The maximum absolute atomic E-state index is 10.8. The lowest BCUT2D eigenvalue weighted by Crippen LogP contribution is -2.07. The molecule has 0 aliphatic rings. The number of carbonyl (C=O) groups excluding carboxylic acids is 1. The normalized spacial score (nSPS) is 11.9. The van der Waals surface area contributed by atoms with Crippen LogP contribution in [0.4, 0.5) is 10.5 Å². The summed E-state index contributed by atoms with van der Waals surface area (Å²) in [7, 11) is 0. The van der Waals surface area contributed by atoms with Crippen LogP contribution < -0.4 is 0 Å². The molecule has 0 amide bonds. The Balaban J connectivity index is 3.08. The van der Waals surface area contributed by atoms with Crippen molar-refractivity contribution >= 4 is 22.7 Å². The van der Waals surface area contributed by atoms with Crippen molar-refractivity contribution in [2.24, 2.45) is 0 Å². The first-order chi connectivity index (χ1) is 7.56. The van der Waals surface area contributed by atoms with Crippen molar-refractivity contribution < 1.29 is 14.5 Å². The van der Waals surface area contributed by atoms with Gasteiger partial charge in [0.15, 0.2) is 0 Å². The zero-order valence-electron chi connectivity index (χ0n) is 8.55. The van der Waals surface area contributed by atoms with Gasteiger partial charge >= 0.3 is 5.43 Å². The fourth-order valence-corrected chi connectivity index (χ4v) is 1.51. The highest BCUT2D eigenvalue weighted by Crippen LogP contribution is 2.29. The third kappa shape index (κ3) is 2.93. The van der Waals surface area contributed by atoms with E-state index in [1.54, 1.807) is 25.1 Å². The van der Waals surface area contributed by atoms with E-state index in [2.05, 4.69) is 0 Å². The van der Waals surface area contributed by atoms with Crippen LogP contribution in [0.1, 0.15) is 25.0 Å². The number of para-hydroxylation sites is 1. The average molecular weight is 244 g/mol. The third-order valence-electron chi connectivity index (χ3n) is 2.09. The lowest BCUT2D eigenvalue weighted by Gasteiger charge is -2.14. The number of hydrogen-bond donors (Lipinski definition) is 0. The molecule has 0 bridgehead atoms. The maximum atomic E-state index is 10.8. The Bertz CT molecular complexity index is 408. The average Bonchev–Trinajstić information content (AvgIpc) is 2.25. The Morgan fingerprint density at radius 3 is 2.69 bits per heavy atom. The van der Waals surface area contributed by atoms with E-state index >= 15 is 0 Å². The van der Waals surface area contributed by atoms with Crippen LogP contribution in [-0.2, 0) is 4.74 Å². The minimum atomic E-state index is -0.968. The first-order valence-corrected chi connectivity index (χ1v) is 5.03. The van der Waals surface area contributed by atoms with Gasteiger partial charge in [-0.25, -0.2) is 4.79 Å². The molecule has 0 spiro atoms. The molecule has 0 aliphatic heterocycles. The molecule has 1 unspecified atom stereocenters. The number of carbonyl (C=O) groups is 1. The SMILES string of the molecule is CCC(OC(=O)Cl)c1ccccc1[N+](=O)[O-]. The van der Waals surface area contributed by atoms with E-state index in [1.165, 1.54) is 6.07 Å². The number of benzene rings is 1. The number of nitro groups is 1. The molecule has 1 atom stereocenters. The summed E-state index contributed by atoms with van der Waals surface area (Å²) in [4.78, 5) is 20.9. The quantitative estimate of drug-likeness (QED) is 0.462. The fraction of sp³-hybridized carbons (Fsp3) is 0.300. The lowest BCUT2D eigenvalue weighted by molar-refractivity contribution is -0.386. The predicted molar refractivity (Wildman–Crippen MR) is 58.5 cm³/mol. The molecule has 0 N–H and O–H groups in total. The topological polar surface area (TPSA) is 69.4 Å². The van der Waals surface area contributed by atoms with Crippen molar-refractivity contribution in [3.63, 3.8) is 0 Å². The smallest absolute Gasteiger partial charge is 0.404 e. The first kappa shape index (κ1) is 12.4. The van der Waals surface area contributed by atoms with Crippen molar-refractivity contribution in [1.82, 2.24) is 0 Å². The summed E-state index contributed by atoms with van der Waals surface area (Å²) < 4.78 is 4.80. The first-order valence-electron chi connectivity index (χ1n) is 4.65. The Morgan fingerprint density at radius 2 is 2.19 bits per heavy atom. The molecule has 16 heavy (non-hydrogen) atoms. The summed E-state index contributed by atoms with van der Waals surface area (Å²) in [6.07, 6.45) is -0.268. The van der Waals surface area contributed by atoms with E-state index in [0.29, 0.717) is 12.0 Å². The number of hydrogen-bond acceptors (Lipinski definition) is 4. The van der Waals surface area contributed by atoms with Crippen LogP contribution in [0.5, 0.6) is 0 Å². The highest BCUT2D eigenvalue weighted by Gasteiger charge is 2.22. The van der Waals surface area contributed by atoms with Gasteiger partial charge in [0.25, 0.3) is 5.69 Å². The molecule has 0 saturated carbocycles. The van der Waals surface area contributed by atoms with Crippen LogP contribution in [0.2, 0.25) is 0 Å². The maximum Gasteiger partial charge on any atom is 0.404 e. The number of nitrogens with zero attached hydrogens (tertiary/aromatic N) is 1. The van der Waals surface area contributed by atoms with Gasteiger partial charge in [0.1, 0.15) is 6.10 Å². The standard InChI is InChI=1S/C10H10ClNO4/c1-2-9(16-10(11)13)7-5-3-4-6-8(7)12(14)15/h3-6,9H,2H2,1H3. The molecule has 0 fully saturated rings. The van der Waals surface area contributed by atoms with E-state index in [1.807, 2.05) is 0 Å². The minimum absolute atomic E-state index is 0.0766. The van der Waals surface area contributed by atoms with E-state index in [9.17, 15) is 14.9 Å². The van der Waals surface area contributed by atoms with Crippen LogP contribution in [0.15, 0.2) is 24.3 Å². The second kappa shape index (κ2) is 5.46. The highest BCUT2D eigenvalue weighted by atomic mass is 35.5. The van der Waals surface area contributed by atoms with Crippen molar-refractivity contribution in [2.75, 3.05) is 0 Å². The molecule has 0 saturated heterocycles. The number of ether oxygens (including phenoxy) is 1. The van der Waals surface area contributed by atoms with Crippen LogP contribution in [0, 0.1) is 10.1 Å². The van der Waals surface area contributed by atoms with Gasteiger partial charge in [0.2, 0.25) is 0 Å². The number of halogens is 1. The van der Waals surface area contributed by atoms with Gasteiger partial charge in [-0.2, -0.15) is 0 Å². The zero-order chi connectivity index (χ0) is 12.1. The van der Waals surface area contributed by atoms with Crippen LogP contribution in [0.3, 0.4) is 0 Å². The number of rotatable bonds is 4. The number of nitro benzene ring substituents is 1. The van der Waals surface area contributed by atoms with E-state index in [4.69, 9.17) is 16.3 Å². The molecule has 0 aliphatic carbocycles. The summed E-state index contributed by atoms with van der Waals surface area (Å²) >= 11 is 5.10. The molecular formula is C10H10ClNO4. The molecule has 0 aromatic heterocycles. The van der Waals surface area contributed by atoms with E-state index in [-0.39, 0.29) is 5.69 Å². The summed E-state index contributed by atoms with van der Waals surface area (Å²) in [5, 5.41) is 10.8. The van der Waals surface area contributed by atoms with E-state index in [0.717, 1.165) is 0 Å². The molecule has 5 nitrogen and oxygen atoms in total. The van der Waals surface area contributed by atoms with Gasteiger partial charge in [-0.05, 0) is 12.5 Å². The Labute approximate surface area is 97.1 Å². The molecular weight excluding hydrogens is 234 g/mol. The monoisotopic (exact) mass is 243 g/mol. The van der Waals surface area contributed by atoms with Crippen molar-refractivity contribution in [3.8, 4) is 0 Å². The zero-order valence-corrected chi connectivity index (χ0v) is 9.31. The lowest BCUT2D eigenvalue weighted by atomic mass is 10.1. The molecule has 0 radical (unpaired) electrons. The van der Waals surface area contributed by atoms with Gasteiger partial charge in [-0.3, -0.25) is 10.1 Å². The highest BCUT2D eigenvalue weighted by molar-refractivity contribution is 6.61. The molecule has 0 heterocycles. The van der Waals surface area contributed by atoms with Gasteiger partial charge in [-0.1, -0.05) is 19.1 Å². The van der Waals surface area contributed by atoms with Crippen molar-refractivity contribution in [1.29, 1.82) is 0 Å². The summed E-state index contributed by atoms with van der Waals surface area (Å²) in [6.45, 7) is 1.75. The molecule has 1 rings (SSSR count). The van der Waals surface area contributed by atoms with Crippen LogP contribution in [-0.4, -0.2) is 10.4 Å². The molecule has 86 valence electrons. The molecule has 1 aromatic rings. The Morgan fingerprint density at radius 1 is 1.56 bits per heavy atom. The Hall–Kier alpha value is -1.62. The Kier molecular flexibility index (Phi) is 4.25. The fourth-order valence-electron chi connectivity index (χ4n) is 1.40. The van der Waals surface area contributed by atoms with Gasteiger partial charge in [-0.15, -0.1) is 0 Å².